The van der Waals surface area contributed by atoms with E-state index in [1.165, 1.54) is 11.1 Å². The molecule has 4 nitrogen and oxygen atoms in total. The minimum atomic E-state index is 0.103. The van der Waals surface area contributed by atoms with Crippen molar-refractivity contribution >= 4 is 15.9 Å². The predicted octanol–water partition coefficient (Wildman–Crippen LogP) is 2.19. The molecule has 0 radical (unpaired) electrons. The molecule has 0 aliphatic carbocycles. The van der Waals surface area contributed by atoms with Crippen LogP contribution in [0.3, 0.4) is 0 Å². The fraction of sp³-hybridized carbons (Fsp3) is 0.333. The molecule has 1 aromatic heterocycles. The highest BCUT2D eigenvalue weighted by atomic mass is 79.9. The van der Waals surface area contributed by atoms with Gasteiger partial charge >= 0.3 is 0 Å². The maximum Gasteiger partial charge on any atom is 0.0798 e. The predicted molar refractivity (Wildman–Crippen MR) is 70.8 cm³/mol. The number of benzene rings is 1. The third kappa shape index (κ3) is 2.56. The fourth-order valence-corrected chi connectivity index (χ4v) is 2.60. The van der Waals surface area contributed by atoms with Gasteiger partial charge in [0.25, 0.3) is 0 Å². The lowest BCUT2D eigenvalue weighted by Crippen LogP contribution is -2.20. The van der Waals surface area contributed by atoms with Gasteiger partial charge in [-0.25, -0.2) is 0 Å². The molecule has 1 unspecified atom stereocenters. The van der Waals surface area contributed by atoms with Crippen LogP contribution in [0.4, 0.5) is 0 Å². The summed E-state index contributed by atoms with van der Waals surface area (Å²) in [5.74, 6) is 0. The molecule has 0 aliphatic rings. The van der Waals surface area contributed by atoms with Gasteiger partial charge in [0.05, 0.1) is 17.9 Å². The Labute approximate surface area is 109 Å². The van der Waals surface area contributed by atoms with Crippen LogP contribution in [-0.2, 0) is 7.05 Å². The summed E-state index contributed by atoms with van der Waals surface area (Å²) in [4.78, 5) is 0. The Balaban J connectivity index is 2.45. The number of hydrogen-bond donors (Lipinski definition) is 1. The van der Waals surface area contributed by atoms with Gasteiger partial charge in [-0.2, -0.15) is 0 Å². The van der Waals surface area contributed by atoms with Gasteiger partial charge in [-0.3, -0.25) is 4.68 Å². The fourth-order valence-electron chi connectivity index (χ4n) is 1.98. The number of nitrogens with one attached hydrogen (secondary N) is 1. The van der Waals surface area contributed by atoms with Gasteiger partial charge in [0.2, 0.25) is 0 Å². The van der Waals surface area contributed by atoms with Crippen molar-refractivity contribution in [3.05, 3.63) is 45.7 Å². The van der Waals surface area contributed by atoms with Gasteiger partial charge in [0.15, 0.2) is 0 Å². The van der Waals surface area contributed by atoms with Crippen molar-refractivity contribution in [1.82, 2.24) is 20.3 Å². The SMILES string of the molecule is CNC(c1cc(C)cc(Br)c1)c1cnnn1C. The summed E-state index contributed by atoms with van der Waals surface area (Å²) in [6.07, 6.45) is 1.79. The van der Waals surface area contributed by atoms with E-state index in [9.17, 15) is 0 Å². The molecule has 0 aliphatic heterocycles. The third-order valence-corrected chi connectivity index (χ3v) is 3.19. The van der Waals surface area contributed by atoms with E-state index in [0.29, 0.717) is 0 Å². The summed E-state index contributed by atoms with van der Waals surface area (Å²) < 4.78 is 2.88. The van der Waals surface area contributed by atoms with Gasteiger partial charge in [-0.1, -0.05) is 27.2 Å². The Hall–Kier alpha value is -1.20. The van der Waals surface area contributed by atoms with E-state index in [2.05, 4.69) is 56.7 Å². The highest BCUT2D eigenvalue weighted by Crippen LogP contribution is 2.24. The maximum absolute atomic E-state index is 3.97. The average Bonchev–Trinajstić information content (AvgIpc) is 2.65. The molecule has 90 valence electrons. The van der Waals surface area contributed by atoms with Crippen molar-refractivity contribution in [3.63, 3.8) is 0 Å². The molecule has 2 rings (SSSR count). The monoisotopic (exact) mass is 294 g/mol. The zero-order chi connectivity index (χ0) is 12.4. The lowest BCUT2D eigenvalue weighted by Gasteiger charge is -2.17. The van der Waals surface area contributed by atoms with E-state index in [1.807, 2.05) is 14.1 Å². The number of halogens is 1. The topological polar surface area (TPSA) is 42.7 Å². The largest absolute Gasteiger partial charge is 0.308 e. The standard InChI is InChI=1S/C12H15BrN4/c1-8-4-9(6-10(13)5-8)12(14-2)11-7-15-16-17(11)3/h4-7,12,14H,1-3H3. The second-order valence-corrected chi connectivity index (χ2v) is 4.98. The molecule has 1 atom stereocenters. The van der Waals surface area contributed by atoms with E-state index in [0.717, 1.165) is 10.2 Å². The third-order valence-electron chi connectivity index (χ3n) is 2.73. The Bertz CT molecular complexity index is 501. The normalized spacial score (nSPS) is 12.7. The van der Waals surface area contributed by atoms with Crippen LogP contribution in [0.2, 0.25) is 0 Å². The van der Waals surface area contributed by atoms with Gasteiger partial charge in [0.1, 0.15) is 0 Å². The molecule has 1 N–H and O–H groups in total. The van der Waals surface area contributed by atoms with Crippen molar-refractivity contribution in [1.29, 1.82) is 0 Å². The molecule has 0 saturated carbocycles. The van der Waals surface area contributed by atoms with Crippen molar-refractivity contribution in [2.24, 2.45) is 7.05 Å². The van der Waals surface area contributed by atoms with Gasteiger partial charge in [0, 0.05) is 11.5 Å². The first-order valence-electron chi connectivity index (χ1n) is 5.40. The first-order chi connectivity index (χ1) is 8.11. The molecule has 0 fully saturated rings. The summed E-state index contributed by atoms with van der Waals surface area (Å²) in [6, 6.07) is 6.48. The molecule has 0 amide bonds. The smallest absolute Gasteiger partial charge is 0.0798 e. The lowest BCUT2D eigenvalue weighted by atomic mass is 10.0. The van der Waals surface area contributed by atoms with Crippen LogP contribution in [0.1, 0.15) is 22.9 Å². The first kappa shape index (κ1) is 12.3. The van der Waals surface area contributed by atoms with Crippen LogP contribution >= 0.6 is 15.9 Å². The number of rotatable bonds is 3. The highest BCUT2D eigenvalue weighted by Gasteiger charge is 2.16. The molecular formula is C12H15BrN4. The van der Waals surface area contributed by atoms with E-state index >= 15 is 0 Å². The van der Waals surface area contributed by atoms with Crippen LogP contribution in [0.15, 0.2) is 28.9 Å². The van der Waals surface area contributed by atoms with Crippen molar-refractivity contribution in [2.45, 2.75) is 13.0 Å². The van der Waals surface area contributed by atoms with E-state index in [-0.39, 0.29) is 6.04 Å². The van der Waals surface area contributed by atoms with Crippen LogP contribution in [-0.4, -0.2) is 22.0 Å². The summed E-state index contributed by atoms with van der Waals surface area (Å²) in [7, 11) is 3.84. The highest BCUT2D eigenvalue weighted by molar-refractivity contribution is 9.10. The van der Waals surface area contributed by atoms with Crippen LogP contribution < -0.4 is 5.32 Å². The van der Waals surface area contributed by atoms with Crippen molar-refractivity contribution < 1.29 is 0 Å². The average molecular weight is 295 g/mol. The lowest BCUT2D eigenvalue weighted by molar-refractivity contribution is 0.597. The molecule has 1 heterocycles. The van der Waals surface area contributed by atoms with E-state index in [4.69, 9.17) is 0 Å². The summed E-state index contributed by atoms with van der Waals surface area (Å²) >= 11 is 3.53. The maximum atomic E-state index is 3.97. The molecule has 5 heteroatoms. The Morgan fingerprint density at radius 3 is 2.65 bits per heavy atom. The summed E-state index contributed by atoms with van der Waals surface area (Å²) in [5.41, 5.74) is 3.47. The molecule has 0 bridgehead atoms. The van der Waals surface area contributed by atoms with Crippen molar-refractivity contribution in [2.75, 3.05) is 7.05 Å². The Morgan fingerprint density at radius 1 is 1.35 bits per heavy atom. The Kier molecular flexibility index (Phi) is 3.59. The minimum Gasteiger partial charge on any atom is -0.308 e. The van der Waals surface area contributed by atoms with Gasteiger partial charge in [-0.15, -0.1) is 5.10 Å². The van der Waals surface area contributed by atoms with Gasteiger partial charge < -0.3 is 5.32 Å². The molecule has 0 spiro atoms. The molecular weight excluding hydrogens is 280 g/mol. The van der Waals surface area contributed by atoms with Crippen molar-refractivity contribution in [3.8, 4) is 0 Å². The zero-order valence-corrected chi connectivity index (χ0v) is 11.7. The van der Waals surface area contributed by atoms with Gasteiger partial charge in [-0.05, 0) is 37.2 Å². The quantitative estimate of drug-likeness (QED) is 0.944. The number of aromatic nitrogens is 3. The molecule has 2 aromatic rings. The zero-order valence-electron chi connectivity index (χ0n) is 10.1. The summed E-state index contributed by atoms with van der Waals surface area (Å²) in [5, 5.41) is 11.2. The van der Waals surface area contributed by atoms with E-state index < -0.39 is 0 Å². The second kappa shape index (κ2) is 4.98. The van der Waals surface area contributed by atoms with Crippen LogP contribution in [0, 0.1) is 6.92 Å². The van der Waals surface area contributed by atoms with E-state index in [1.54, 1.807) is 10.9 Å². The Morgan fingerprint density at radius 2 is 2.12 bits per heavy atom. The second-order valence-electron chi connectivity index (χ2n) is 4.07. The number of aryl methyl sites for hydroxylation is 2. The van der Waals surface area contributed by atoms with Crippen LogP contribution in [0.25, 0.3) is 0 Å². The number of hydrogen-bond acceptors (Lipinski definition) is 3. The summed E-state index contributed by atoms with van der Waals surface area (Å²) in [6.45, 7) is 2.09. The number of nitrogens with zero attached hydrogens (tertiary/aromatic N) is 3. The molecule has 17 heavy (non-hydrogen) atoms. The molecule has 1 aromatic carbocycles. The first-order valence-corrected chi connectivity index (χ1v) is 6.20. The minimum absolute atomic E-state index is 0.103. The van der Waals surface area contributed by atoms with Crippen LogP contribution in [0.5, 0.6) is 0 Å². The molecule has 0 saturated heterocycles.